The Bertz CT molecular complexity index is 254. The summed E-state index contributed by atoms with van der Waals surface area (Å²) in [6.45, 7) is 2.52. The zero-order valence-electron chi connectivity index (χ0n) is 7.59. The van der Waals surface area contributed by atoms with Gasteiger partial charge in [-0.1, -0.05) is 0 Å². The number of piperazine rings is 3. The summed E-state index contributed by atoms with van der Waals surface area (Å²) in [4.78, 5) is 0. The second-order valence-electron chi connectivity index (χ2n) is 3.89. The molecule has 0 amide bonds. The molecule has 2 bridgehead atoms. The van der Waals surface area contributed by atoms with E-state index in [9.17, 15) is 17.5 Å². The molecule has 2 unspecified atom stereocenters. The molecular weight excluding hydrogens is 228 g/mol. The van der Waals surface area contributed by atoms with Crippen LogP contribution in [-0.2, 0) is 22.5 Å². The molecule has 0 aromatic heterocycles. The lowest BCUT2D eigenvalue weighted by Gasteiger charge is -2.54. The van der Waals surface area contributed by atoms with E-state index in [-0.39, 0.29) is 7.78 Å². The van der Waals surface area contributed by atoms with Crippen LogP contribution in [0.5, 0.6) is 0 Å². The molecule has 3 rings (SSSR count). The Morgan fingerprint density at radius 2 is 0.929 bits per heavy atom. The van der Waals surface area contributed by atoms with Crippen LogP contribution in [0.2, 0.25) is 0 Å². The third kappa shape index (κ3) is 1.37. The van der Waals surface area contributed by atoms with Crippen molar-refractivity contribution in [1.29, 1.82) is 0 Å². The van der Waals surface area contributed by atoms with E-state index >= 15 is 0 Å². The summed E-state index contributed by atoms with van der Waals surface area (Å²) in [7, 11) is 0. The number of rotatable bonds is 2. The highest BCUT2D eigenvalue weighted by Gasteiger charge is 2.51. The molecule has 3 saturated heterocycles. The molecule has 14 heavy (non-hydrogen) atoms. The summed E-state index contributed by atoms with van der Waals surface area (Å²) in [5.74, 6) is 0. The van der Waals surface area contributed by atoms with E-state index in [4.69, 9.17) is 0 Å². The maximum absolute atomic E-state index is 11.0. The number of hydrogen-bond acceptors (Lipinski definition) is 4. The monoisotopic (exact) mass is 240 g/mol. The molecule has 8 heteroatoms. The van der Waals surface area contributed by atoms with Gasteiger partial charge >= 0.3 is 0 Å². The van der Waals surface area contributed by atoms with Crippen LogP contribution in [0.1, 0.15) is 0 Å². The average Bonchev–Trinajstić information content (AvgIpc) is 2.20. The van der Waals surface area contributed by atoms with Gasteiger partial charge in [-0.05, 0) is 0 Å². The molecule has 0 N–H and O–H groups in total. The highest BCUT2D eigenvalue weighted by molar-refractivity contribution is 7.73. The SMILES string of the molecule is O=S([O-])[N+]12CC[N+](S(=O)[O-])(CC1)CC2. The van der Waals surface area contributed by atoms with Crippen LogP contribution in [-0.4, -0.2) is 64.6 Å². The number of quaternary nitrogens is 2. The van der Waals surface area contributed by atoms with Crippen LogP contribution in [0.4, 0.5) is 0 Å². The van der Waals surface area contributed by atoms with E-state index in [0.717, 1.165) is 0 Å². The summed E-state index contributed by atoms with van der Waals surface area (Å²) >= 11 is -4.26. The van der Waals surface area contributed by atoms with Crippen molar-refractivity contribution in [2.45, 2.75) is 0 Å². The van der Waals surface area contributed by atoms with Crippen LogP contribution >= 0.6 is 0 Å². The Morgan fingerprint density at radius 1 is 0.714 bits per heavy atom. The second kappa shape index (κ2) is 3.32. The average molecular weight is 240 g/mol. The predicted octanol–water partition coefficient (Wildman–Crippen LogP) is -1.76. The van der Waals surface area contributed by atoms with E-state index in [2.05, 4.69) is 0 Å². The quantitative estimate of drug-likeness (QED) is 0.423. The lowest BCUT2D eigenvalue weighted by molar-refractivity contribution is -0.973. The lowest BCUT2D eigenvalue weighted by atomic mass is 10.2. The van der Waals surface area contributed by atoms with Crippen LogP contribution in [0.25, 0.3) is 0 Å². The van der Waals surface area contributed by atoms with E-state index in [1.165, 1.54) is 0 Å². The third-order valence-corrected chi connectivity index (χ3v) is 5.74. The summed E-state index contributed by atoms with van der Waals surface area (Å²) in [5, 5.41) is 0. The summed E-state index contributed by atoms with van der Waals surface area (Å²) in [6.07, 6.45) is 0. The van der Waals surface area contributed by atoms with E-state index in [1.807, 2.05) is 0 Å². The number of nitrogens with zero attached hydrogens (tertiary/aromatic N) is 2. The van der Waals surface area contributed by atoms with Crippen molar-refractivity contribution in [3.63, 3.8) is 0 Å². The molecule has 3 aliphatic rings. The van der Waals surface area contributed by atoms with Gasteiger partial charge in [-0.3, -0.25) is 0 Å². The van der Waals surface area contributed by atoms with Gasteiger partial charge in [-0.2, -0.15) is 0 Å². The van der Waals surface area contributed by atoms with Gasteiger partial charge in [0.05, 0.1) is 0 Å². The first-order chi connectivity index (χ1) is 6.51. The van der Waals surface area contributed by atoms with Crippen molar-refractivity contribution in [2.75, 3.05) is 39.3 Å². The fourth-order valence-corrected chi connectivity index (χ4v) is 3.60. The maximum Gasteiger partial charge on any atom is 0.148 e. The smallest absolute Gasteiger partial charge is 0.148 e. The van der Waals surface area contributed by atoms with Crippen molar-refractivity contribution in [2.24, 2.45) is 0 Å². The molecule has 0 spiro atoms. The molecule has 0 saturated carbocycles. The van der Waals surface area contributed by atoms with Gasteiger partial charge in [0.25, 0.3) is 0 Å². The molecular formula is C6H12N2O4S2. The first kappa shape index (κ1) is 10.7. The third-order valence-electron chi connectivity index (χ3n) is 3.38. The molecule has 0 aromatic carbocycles. The number of hydrogen-bond donors (Lipinski definition) is 0. The van der Waals surface area contributed by atoms with Gasteiger partial charge in [0.15, 0.2) is 0 Å². The van der Waals surface area contributed by atoms with Crippen LogP contribution in [0, 0.1) is 0 Å². The topological polar surface area (TPSA) is 80.3 Å². The molecule has 0 aromatic rings. The molecule has 3 heterocycles. The fourth-order valence-electron chi connectivity index (χ4n) is 2.21. The largest absolute Gasteiger partial charge is 0.724 e. The fraction of sp³-hybridized carbons (Fsp3) is 1.00. The Labute approximate surface area is 87.5 Å². The van der Waals surface area contributed by atoms with Gasteiger partial charge in [0.1, 0.15) is 61.8 Å². The summed E-state index contributed by atoms with van der Waals surface area (Å²) in [6, 6.07) is 0. The minimum absolute atomic E-state index is 0.0528. The first-order valence-corrected chi connectivity index (χ1v) is 6.49. The van der Waals surface area contributed by atoms with Gasteiger partial charge in [-0.25, -0.2) is 16.2 Å². The normalized spacial score (nSPS) is 46.1. The highest BCUT2D eigenvalue weighted by Crippen LogP contribution is 2.28. The van der Waals surface area contributed by atoms with Crippen LogP contribution in [0.3, 0.4) is 0 Å². The van der Waals surface area contributed by atoms with Gasteiger partial charge in [-0.15, -0.1) is 0 Å². The highest BCUT2D eigenvalue weighted by atomic mass is 32.2. The summed E-state index contributed by atoms with van der Waals surface area (Å²) < 4.78 is 44.2. The van der Waals surface area contributed by atoms with Gasteiger partial charge < -0.3 is 9.11 Å². The molecule has 0 radical (unpaired) electrons. The lowest BCUT2D eigenvalue weighted by Crippen LogP contribution is -2.75. The minimum atomic E-state index is -2.13. The standard InChI is InChI=1S/C6H12N2O4S2/c9-13(10)7-1-2-8(5-3-7,6-4-7)14(11)12/h1-6H2. The molecule has 0 aliphatic carbocycles. The van der Waals surface area contributed by atoms with E-state index in [0.29, 0.717) is 39.3 Å². The zero-order chi connectivity index (χ0) is 10.4. The molecule has 3 aliphatic heterocycles. The van der Waals surface area contributed by atoms with E-state index < -0.39 is 22.5 Å². The van der Waals surface area contributed by atoms with Gasteiger partial charge in [0, 0.05) is 0 Å². The molecule has 6 nitrogen and oxygen atoms in total. The van der Waals surface area contributed by atoms with E-state index in [1.54, 1.807) is 0 Å². The maximum atomic E-state index is 11.0. The van der Waals surface area contributed by atoms with Crippen molar-refractivity contribution >= 4 is 22.5 Å². The Morgan fingerprint density at radius 3 is 1.07 bits per heavy atom. The first-order valence-electron chi connectivity index (χ1n) is 4.43. The summed E-state index contributed by atoms with van der Waals surface area (Å²) in [5.41, 5.74) is 0. The second-order valence-corrected chi connectivity index (χ2v) is 6.31. The zero-order valence-corrected chi connectivity index (χ0v) is 9.22. The molecule has 3 fully saturated rings. The Hall–Kier alpha value is 0.140. The van der Waals surface area contributed by atoms with Gasteiger partial charge in [0.2, 0.25) is 0 Å². The molecule has 82 valence electrons. The predicted molar refractivity (Wildman–Crippen MR) is 47.6 cm³/mol. The molecule has 2 atom stereocenters. The van der Waals surface area contributed by atoms with Crippen LogP contribution < -0.4 is 0 Å². The Kier molecular flexibility index (Phi) is 2.53. The van der Waals surface area contributed by atoms with Crippen molar-refractivity contribution in [3.8, 4) is 0 Å². The minimum Gasteiger partial charge on any atom is -0.724 e. The van der Waals surface area contributed by atoms with Crippen molar-refractivity contribution < 1.29 is 25.3 Å². The Balaban J connectivity index is 2.21. The van der Waals surface area contributed by atoms with Crippen molar-refractivity contribution in [3.05, 3.63) is 0 Å². The van der Waals surface area contributed by atoms with Crippen LogP contribution in [0.15, 0.2) is 0 Å². The number of fused-ring (bicyclic) bond motifs is 3. The van der Waals surface area contributed by atoms with Crippen molar-refractivity contribution in [1.82, 2.24) is 0 Å².